The first kappa shape index (κ1) is 19.1. The number of nitrogens with one attached hydrogen (secondary N) is 2. The molecule has 0 aromatic heterocycles. The summed E-state index contributed by atoms with van der Waals surface area (Å²) >= 11 is 0. The Kier molecular flexibility index (Phi) is 7.90. The van der Waals surface area contributed by atoms with Crippen molar-refractivity contribution in [2.24, 2.45) is 10.9 Å². The fraction of sp³-hybridized carbons (Fsp3) is 0.588. The molecule has 0 radical (unpaired) electrons. The van der Waals surface area contributed by atoms with Gasteiger partial charge in [-0.1, -0.05) is 6.07 Å². The molecule has 0 bridgehead atoms. The van der Waals surface area contributed by atoms with E-state index in [-0.39, 0.29) is 24.0 Å². The summed E-state index contributed by atoms with van der Waals surface area (Å²) in [7, 11) is 1.78. The minimum absolute atomic E-state index is 0. The third kappa shape index (κ3) is 6.01. The average Bonchev–Trinajstić information content (AvgIpc) is 3.28. The summed E-state index contributed by atoms with van der Waals surface area (Å²) in [5, 5.41) is 6.57. The molecule has 3 rings (SSSR count). The molecule has 0 unspecified atom stereocenters. The molecule has 0 amide bonds. The van der Waals surface area contributed by atoms with Gasteiger partial charge in [0, 0.05) is 26.7 Å². The first-order valence-corrected chi connectivity index (χ1v) is 8.26. The Balaban J connectivity index is 0.00000208. The van der Waals surface area contributed by atoms with Gasteiger partial charge in [0.05, 0.1) is 6.61 Å². The van der Waals surface area contributed by atoms with Crippen molar-refractivity contribution in [2.45, 2.75) is 19.3 Å². The van der Waals surface area contributed by atoms with Gasteiger partial charge in [-0.05, 0) is 42.9 Å². The maximum Gasteiger partial charge on any atom is 0.231 e. The van der Waals surface area contributed by atoms with Crippen molar-refractivity contribution in [2.75, 3.05) is 40.1 Å². The second kappa shape index (κ2) is 9.93. The summed E-state index contributed by atoms with van der Waals surface area (Å²) in [6.07, 6.45) is 3.56. The number of guanidine groups is 1. The molecule has 134 valence electrons. The van der Waals surface area contributed by atoms with E-state index in [1.807, 2.05) is 12.1 Å². The van der Waals surface area contributed by atoms with E-state index in [4.69, 9.17) is 14.2 Å². The van der Waals surface area contributed by atoms with Gasteiger partial charge in [-0.25, -0.2) is 0 Å². The van der Waals surface area contributed by atoms with Crippen LogP contribution in [-0.4, -0.2) is 46.1 Å². The van der Waals surface area contributed by atoms with Crippen LogP contribution in [-0.2, 0) is 11.2 Å². The molecule has 6 nitrogen and oxygen atoms in total. The molecule has 1 heterocycles. The number of fused-ring (bicyclic) bond motifs is 1. The summed E-state index contributed by atoms with van der Waals surface area (Å²) < 4.78 is 16.3. The molecular formula is C17H26IN3O3. The predicted molar refractivity (Wildman–Crippen MR) is 105 cm³/mol. The standard InChI is InChI=1S/C17H25N3O3.HI/c1-18-17(20-8-9-21-11-14-2-3-14)19-7-6-13-4-5-15-16(10-13)23-12-22-15;/h4-5,10,14H,2-3,6-9,11-12H2,1H3,(H2,18,19,20);1H. The molecule has 1 aliphatic carbocycles. The van der Waals surface area contributed by atoms with E-state index in [1.54, 1.807) is 7.05 Å². The molecule has 1 fully saturated rings. The first-order valence-electron chi connectivity index (χ1n) is 8.26. The number of hydrogen-bond acceptors (Lipinski definition) is 4. The van der Waals surface area contributed by atoms with Crippen LogP contribution in [0, 0.1) is 5.92 Å². The third-order valence-corrected chi connectivity index (χ3v) is 3.96. The SMILES string of the molecule is CN=C(NCCOCC1CC1)NCCc1ccc2c(c1)OCO2.I. The van der Waals surface area contributed by atoms with E-state index in [0.717, 1.165) is 56.1 Å². The smallest absolute Gasteiger partial charge is 0.231 e. The lowest BCUT2D eigenvalue weighted by Gasteiger charge is -2.12. The maximum atomic E-state index is 5.60. The van der Waals surface area contributed by atoms with Crippen molar-refractivity contribution >= 4 is 29.9 Å². The summed E-state index contributed by atoms with van der Waals surface area (Å²) in [4.78, 5) is 4.22. The number of nitrogens with zero attached hydrogens (tertiary/aromatic N) is 1. The van der Waals surface area contributed by atoms with Gasteiger partial charge in [0.25, 0.3) is 0 Å². The highest BCUT2D eigenvalue weighted by Crippen LogP contribution is 2.32. The second-order valence-electron chi connectivity index (χ2n) is 5.88. The Bertz CT molecular complexity index is 550. The first-order chi connectivity index (χ1) is 11.3. The van der Waals surface area contributed by atoms with Crippen LogP contribution in [0.15, 0.2) is 23.2 Å². The van der Waals surface area contributed by atoms with Crippen molar-refractivity contribution in [3.8, 4) is 11.5 Å². The van der Waals surface area contributed by atoms with Crippen LogP contribution in [0.4, 0.5) is 0 Å². The van der Waals surface area contributed by atoms with Crippen molar-refractivity contribution in [1.29, 1.82) is 0 Å². The lowest BCUT2D eigenvalue weighted by molar-refractivity contribution is 0.129. The topological polar surface area (TPSA) is 64.1 Å². The quantitative estimate of drug-likeness (QED) is 0.277. The van der Waals surface area contributed by atoms with Crippen molar-refractivity contribution in [3.05, 3.63) is 23.8 Å². The number of hydrogen-bond donors (Lipinski definition) is 2. The molecule has 2 aliphatic rings. The molecule has 1 aliphatic heterocycles. The van der Waals surface area contributed by atoms with Crippen LogP contribution in [0.2, 0.25) is 0 Å². The molecule has 0 atom stereocenters. The van der Waals surface area contributed by atoms with E-state index in [9.17, 15) is 0 Å². The Morgan fingerprint density at radius 2 is 2.00 bits per heavy atom. The molecular weight excluding hydrogens is 421 g/mol. The van der Waals surface area contributed by atoms with E-state index in [1.165, 1.54) is 18.4 Å². The molecule has 1 saturated carbocycles. The van der Waals surface area contributed by atoms with Gasteiger partial charge < -0.3 is 24.8 Å². The Hall–Kier alpha value is -1.22. The van der Waals surface area contributed by atoms with Crippen LogP contribution in [0.3, 0.4) is 0 Å². The normalized spacial score (nSPS) is 15.8. The van der Waals surface area contributed by atoms with Crippen molar-refractivity contribution < 1.29 is 14.2 Å². The zero-order valence-electron chi connectivity index (χ0n) is 14.0. The summed E-state index contributed by atoms with van der Waals surface area (Å²) in [5.74, 6) is 3.28. The van der Waals surface area contributed by atoms with Crippen LogP contribution >= 0.6 is 24.0 Å². The lowest BCUT2D eigenvalue weighted by Crippen LogP contribution is -2.39. The number of halogens is 1. The monoisotopic (exact) mass is 447 g/mol. The molecule has 7 heteroatoms. The minimum atomic E-state index is 0. The Morgan fingerprint density at radius 3 is 2.79 bits per heavy atom. The van der Waals surface area contributed by atoms with Crippen LogP contribution in [0.1, 0.15) is 18.4 Å². The van der Waals surface area contributed by atoms with E-state index < -0.39 is 0 Å². The van der Waals surface area contributed by atoms with Crippen molar-refractivity contribution in [3.63, 3.8) is 0 Å². The fourth-order valence-corrected chi connectivity index (χ4v) is 2.42. The lowest BCUT2D eigenvalue weighted by atomic mass is 10.1. The van der Waals surface area contributed by atoms with Gasteiger partial charge in [-0.15, -0.1) is 24.0 Å². The van der Waals surface area contributed by atoms with Gasteiger partial charge >= 0.3 is 0 Å². The highest BCUT2D eigenvalue weighted by Gasteiger charge is 2.20. The summed E-state index contributed by atoms with van der Waals surface area (Å²) in [6.45, 7) is 3.52. The highest BCUT2D eigenvalue weighted by molar-refractivity contribution is 14.0. The van der Waals surface area contributed by atoms with Gasteiger partial charge in [0.1, 0.15) is 0 Å². The van der Waals surface area contributed by atoms with Crippen LogP contribution in [0.25, 0.3) is 0 Å². The van der Waals surface area contributed by atoms with Crippen molar-refractivity contribution in [1.82, 2.24) is 10.6 Å². The molecule has 1 aromatic carbocycles. The van der Waals surface area contributed by atoms with Gasteiger partial charge in [-0.2, -0.15) is 0 Å². The molecule has 0 spiro atoms. The second-order valence-corrected chi connectivity index (χ2v) is 5.88. The third-order valence-electron chi connectivity index (χ3n) is 3.96. The molecule has 0 saturated heterocycles. The number of benzene rings is 1. The highest BCUT2D eigenvalue weighted by atomic mass is 127. The number of aliphatic imine (C=N–C) groups is 1. The van der Waals surface area contributed by atoms with Gasteiger partial charge in [0.15, 0.2) is 17.5 Å². The number of ether oxygens (including phenoxy) is 3. The van der Waals surface area contributed by atoms with E-state index >= 15 is 0 Å². The maximum absolute atomic E-state index is 5.60. The molecule has 2 N–H and O–H groups in total. The van der Waals surface area contributed by atoms with E-state index in [0.29, 0.717) is 6.79 Å². The Labute approximate surface area is 160 Å². The van der Waals surface area contributed by atoms with Gasteiger partial charge in [0.2, 0.25) is 6.79 Å². The fourth-order valence-electron chi connectivity index (χ4n) is 2.42. The zero-order chi connectivity index (χ0) is 15.9. The van der Waals surface area contributed by atoms with Gasteiger partial charge in [-0.3, -0.25) is 4.99 Å². The molecule has 24 heavy (non-hydrogen) atoms. The Morgan fingerprint density at radius 1 is 1.21 bits per heavy atom. The van der Waals surface area contributed by atoms with Crippen LogP contribution in [0.5, 0.6) is 11.5 Å². The molecule has 1 aromatic rings. The number of rotatable bonds is 8. The van der Waals surface area contributed by atoms with Crippen LogP contribution < -0.4 is 20.1 Å². The summed E-state index contributed by atoms with van der Waals surface area (Å²) in [5.41, 5.74) is 1.21. The predicted octanol–water partition coefficient (Wildman–Crippen LogP) is 2.17. The largest absolute Gasteiger partial charge is 0.454 e. The average molecular weight is 447 g/mol. The zero-order valence-corrected chi connectivity index (χ0v) is 16.4. The van der Waals surface area contributed by atoms with E-state index in [2.05, 4.69) is 21.7 Å². The summed E-state index contributed by atoms with van der Waals surface area (Å²) in [6, 6.07) is 6.06. The minimum Gasteiger partial charge on any atom is -0.454 e.